The van der Waals surface area contributed by atoms with Crippen LogP contribution in [0.15, 0.2) is 0 Å². The molecule has 0 fully saturated rings. The van der Waals surface area contributed by atoms with E-state index < -0.39 is 22.2 Å². The fourth-order valence-electron chi connectivity index (χ4n) is 1.22. The molecule has 0 unspecified atom stereocenters. The highest BCUT2D eigenvalue weighted by atomic mass is 32.2. The minimum absolute atomic E-state index is 0.304. The molecule has 1 atom stereocenters. The molecule has 0 rings (SSSR count). The largest absolute Gasteiger partial charge is 0.480 e. The Balaban J connectivity index is 4.66. The van der Waals surface area contributed by atoms with Gasteiger partial charge in [-0.3, -0.25) is 4.79 Å². The van der Waals surface area contributed by atoms with Crippen LogP contribution in [0, 0.1) is 5.92 Å². The normalized spacial score (nSPS) is 14.2. The second kappa shape index (κ2) is 6.93. The van der Waals surface area contributed by atoms with E-state index in [1.165, 1.54) is 7.05 Å². The Morgan fingerprint density at radius 2 is 1.94 bits per heavy atom. The average Bonchev–Trinajstić information content (AvgIpc) is 2.21. The molecule has 102 valence electrons. The van der Waals surface area contributed by atoms with Crippen molar-refractivity contribution >= 4 is 16.2 Å². The van der Waals surface area contributed by atoms with Crippen molar-refractivity contribution in [3.8, 4) is 0 Å². The van der Waals surface area contributed by atoms with E-state index in [2.05, 4.69) is 4.72 Å². The van der Waals surface area contributed by atoms with Crippen LogP contribution in [0.1, 0.15) is 33.6 Å². The number of aliphatic carboxylic acids is 1. The van der Waals surface area contributed by atoms with Crippen molar-refractivity contribution in [3.05, 3.63) is 0 Å². The fourth-order valence-corrected chi connectivity index (χ4v) is 2.47. The smallest absolute Gasteiger partial charge is 0.322 e. The first-order valence-corrected chi connectivity index (χ1v) is 7.12. The predicted molar refractivity (Wildman–Crippen MR) is 65.9 cm³/mol. The molecule has 0 aliphatic carbocycles. The molecule has 0 saturated heterocycles. The van der Waals surface area contributed by atoms with Crippen molar-refractivity contribution in [2.45, 2.75) is 39.7 Å². The van der Waals surface area contributed by atoms with Gasteiger partial charge in [-0.1, -0.05) is 27.2 Å². The first-order chi connectivity index (χ1) is 7.72. The standard InChI is InChI=1S/C10H22N2O4S/c1-5-6-7-12(4)17(15,16)11-9(8(2)3)10(13)14/h8-9,11H,5-7H2,1-4H3,(H,13,14)/t9-/m1/s1. The third kappa shape index (κ3) is 5.47. The molecule has 0 aromatic carbocycles. The Bertz CT molecular complexity index is 340. The Labute approximate surface area is 103 Å². The van der Waals surface area contributed by atoms with Crippen molar-refractivity contribution in [1.29, 1.82) is 0 Å². The predicted octanol–water partition coefficient (Wildman–Crippen LogP) is 0.662. The zero-order valence-corrected chi connectivity index (χ0v) is 11.6. The van der Waals surface area contributed by atoms with Gasteiger partial charge in [0.05, 0.1) is 0 Å². The highest BCUT2D eigenvalue weighted by molar-refractivity contribution is 7.87. The van der Waals surface area contributed by atoms with Crippen LogP contribution in [0.25, 0.3) is 0 Å². The summed E-state index contributed by atoms with van der Waals surface area (Å²) in [5.74, 6) is -1.46. The molecule has 6 nitrogen and oxygen atoms in total. The van der Waals surface area contributed by atoms with E-state index in [4.69, 9.17) is 5.11 Å². The van der Waals surface area contributed by atoms with Crippen molar-refractivity contribution in [1.82, 2.24) is 9.03 Å². The molecule has 0 radical (unpaired) electrons. The van der Waals surface area contributed by atoms with Gasteiger partial charge in [-0.05, 0) is 12.3 Å². The maximum absolute atomic E-state index is 11.8. The average molecular weight is 266 g/mol. The van der Waals surface area contributed by atoms with Gasteiger partial charge in [0.25, 0.3) is 10.2 Å². The zero-order valence-electron chi connectivity index (χ0n) is 10.8. The Morgan fingerprint density at radius 1 is 1.41 bits per heavy atom. The molecular weight excluding hydrogens is 244 g/mol. The van der Waals surface area contributed by atoms with Crippen LogP contribution in [0.4, 0.5) is 0 Å². The lowest BCUT2D eigenvalue weighted by Gasteiger charge is -2.22. The minimum atomic E-state index is -3.72. The van der Waals surface area contributed by atoms with Gasteiger partial charge in [0.1, 0.15) is 6.04 Å². The number of carboxylic acids is 1. The lowest BCUT2D eigenvalue weighted by molar-refractivity contribution is -0.140. The van der Waals surface area contributed by atoms with Gasteiger partial charge in [0.2, 0.25) is 0 Å². The monoisotopic (exact) mass is 266 g/mol. The van der Waals surface area contributed by atoms with Crippen LogP contribution in [0.5, 0.6) is 0 Å². The van der Waals surface area contributed by atoms with Crippen molar-refractivity contribution in [2.24, 2.45) is 5.92 Å². The van der Waals surface area contributed by atoms with Crippen LogP contribution in [0.2, 0.25) is 0 Å². The van der Waals surface area contributed by atoms with Gasteiger partial charge in [-0.25, -0.2) is 0 Å². The van der Waals surface area contributed by atoms with Gasteiger partial charge in [-0.2, -0.15) is 17.4 Å². The number of nitrogens with zero attached hydrogens (tertiary/aromatic N) is 1. The summed E-state index contributed by atoms with van der Waals surface area (Å²) < 4.78 is 27.0. The Hall–Kier alpha value is -0.660. The Morgan fingerprint density at radius 3 is 2.29 bits per heavy atom. The number of hydrogen-bond donors (Lipinski definition) is 2. The van der Waals surface area contributed by atoms with E-state index in [1.54, 1.807) is 13.8 Å². The van der Waals surface area contributed by atoms with E-state index in [0.717, 1.165) is 17.1 Å². The van der Waals surface area contributed by atoms with E-state index >= 15 is 0 Å². The number of rotatable bonds is 8. The maximum atomic E-state index is 11.8. The molecule has 17 heavy (non-hydrogen) atoms. The van der Waals surface area contributed by atoms with Crippen LogP contribution < -0.4 is 4.72 Å². The lowest BCUT2D eigenvalue weighted by Crippen LogP contribution is -2.49. The highest BCUT2D eigenvalue weighted by Crippen LogP contribution is 2.06. The van der Waals surface area contributed by atoms with Gasteiger partial charge in [0, 0.05) is 13.6 Å². The summed E-state index contributed by atoms with van der Waals surface area (Å²) in [5, 5.41) is 8.92. The molecule has 0 saturated carbocycles. The van der Waals surface area contributed by atoms with Crippen molar-refractivity contribution < 1.29 is 18.3 Å². The zero-order chi connectivity index (χ0) is 13.6. The van der Waals surface area contributed by atoms with E-state index in [-0.39, 0.29) is 5.92 Å². The van der Waals surface area contributed by atoms with Crippen molar-refractivity contribution in [3.63, 3.8) is 0 Å². The van der Waals surface area contributed by atoms with Gasteiger partial charge in [-0.15, -0.1) is 0 Å². The third-order valence-electron chi connectivity index (χ3n) is 2.45. The SMILES string of the molecule is CCCCN(C)S(=O)(=O)N[C@@H](C(=O)O)C(C)C. The molecule has 0 aromatic rings. The third-order valence-corrected chi connectivity index (χ3v) is 4.00. The van der Waals surface area contributed by atoms with E-state index in [1.807, 2.05) is 6.92 Å². The van der Waals surface area contributed by atoms with Gasteiger partial charge in [0.15, 0.2) is 0 Å². The summed E-state index contributed by atoms with van der Waals surface area (Å²) in [6.45, 7) is 5.67. The second-order valence-corrected chi connectivity index (χ2v) is 6.17. The molecule has 2 N–H and O–H groups in total. The lowest BCUT2D eigenvalue weighted by atomic mass is 10.1. The van der Waals surface area contributed by atoms with Crippen LogP contribution in [-0.4, -0.2) is 43.4 Å². The molecule has 7 heteroatoms. The molecular formula is C10H22N2O4S. The number of carbonyl (C=O) groups is 1. The van der Waals surface area contributed by atoms with Crippen molar-refractivity contribution in [2.75, 3.05) is 13.6 Å². The molecule has 0 bridgehead atoms. The first kappa shape index (κ1) is 16.3. The first-order valence-electron chi connectivity index (χ1n) is 5.68. The quantitative estimate of drug-likeness (QED) is 0.675. The minimum Gasteiger partial charge on any atom is -0.480 e. The Kier molecular flexibility index (Phi) is 6.66. The maximum Gasteiger partial charge on any atom is 0.322 e. The van der Waals surface area contributed by atoms with E-state index in [9.17, 15) is 13.2 Å². The molecule has 0 aromatic heterocycles. The number of nitrogens with one attached hydrogen (secondary N) is 1. The summed E-state index contributed by atoms with van der Waals surface area (Å²) in [5.41, 5.74) is 0. The summed E-state index contributed by atoms with van der Waals surface area (Å²) in [6.07, 6.45) is 1.63. The van der Waals surface area contributed by atoms with Crippen LogP contribution in [-0.2, 0) is 15.0 Å². The molecule has 0 spiro atoms. The second-order valence-electron chi connectivity index (χ2n) is 4.36. The molecule has 0 heterocycles. The summed E-state index contributed by atoms with van der Waals surface area (Å²) in [7, 11) is -2.28. The molecule has 0 aliphatic heterocycles. The van der Waals surface area contributed by atoms with Gasteiger partial charge >= 0.3 is 5.97 Å². The summed E-state index contributed by atoms with van der Waals surface area (Å²) in [6, 6.07) is -1.09. The van der Waals surface area contributed by atoms with Gasteiger partial charge < -0.3 is 5.11 Å². The highest BCUT2D eigenvalue weighted by Gasteiger charge is 2.28. The number of unbranched alkanes of at least 4 members (excludes halogenated alkanes) is 1. The fraction of sp³-hybridized carbons (Fsp3) is 0.900. The van der Waals surface area contributed by atoms with Crippen LogP contribution >= 0.6 is 0 Å². The topological polar surface area (TPSA) is 86.7 Å². The summed E-state index contributed by atoms with van der Waals surface area (Å²) in [4.78, 5) is 10.9. The number of hydrogen-bond acceptors (Lipinski definition) is 3. The molecule has 0 amide bonds. The number of carboxylic acid groups (broad SMARTS) is 1. The summed E-state index contributed by atoms with van der Waals surface area (Å²) >= 11 is 0. The van der Waals surface area contributed by atoms with Crippen LogP contribution in [0.3, 0.4) is 0 Å². The molecule has 0 aliphatic rings. The van der Waals surface area contributed by atoms with E-state index in [0.29, 0.717) is 6.54 Å².